The summed E-state index contributed by atoms with van der Waals surface area (Å²) < 4.78 is 0. The van der Waals surface area contributed by atoms with Gasteiger partial charge in [0.25, 0.3) is 0 Å². The summed E-state index contributed by atoms with van der Waals surface area (Å²) in [6.07, 6.45) is 2.59. The molecule has 1 unspecified atom stereocenters. The molecule has 0 heterocycles. The number of benzene rings is 1. The van der Waals surface area contributed by atoms with E-state index in [1.807, 2.05) is 31.4 Å². The van der Waals surface area contributed by atoms with Gasteiger partial charge in [-0.15, -0.1) is 11.8 Å². The molecule has 0 saturated carbocycles. The first-order valence-electron chi connectivity index (χ1n) is 6.42. The van der Waals surface area contributed by atoms with Gasteiger partial charge in [-0.05, 0) is 24.3 Å². The van der Waals surface area contributed by atoms with Crippen molar-refractivity contribution in [2.24, 2.45) is 5.92 Å². The highest BCUT2D eigenvalue weighted by Crippen LogP contribution is 2.24. The molecule has 0 bridgehead atoms. The van der Waals surface area contributed by atoms with Crippen LogP contribution in [0.4, 0.5) is 10.5 Å². The topological polar surface area (TPSA) is 78.4 Å². The number of aliphatic carboxylic acids is 1. The first kappa shape index (κ1) is 16.4. The zero-order valence-corrected chi connectivity index (χ0v) is 12.7. The van der Waals surface area contributed by atoms with Crippen LogP contribution in [-0.2, 0) is 4.79 Å². The van der Waals surface area contributed by atoms with E-state index >= 15 is 0 Å². The van der Waals surface area contributed by atoms with Gasteiger partial charge in [-0.3, -0.25) is 0 Å². The zero-order valence-electron chi connectivity index (χ0n) is 11.8. The van der Waals surface area contributed by atoms with E-state index < -0.39 is 18.0 Å². The highest BCUT2D eigenvalue weighted by molar-refractivity contribution is 7.98. The fourth-order valence-corrected chi connectivity index (χ4v) is 2.28. The SMILES string of the molecule is CCC(C)[C@H](NC(=O)Nc1ccccc1SC)C(=O)O. The molecule has 0 spiro atoms. The van der Waals surface area contributed by atoms with Crippen molar-refractivity contribution < 1.29 is 14.7 Å². The number of carboxylic acid groups (broad SMARTS) is 1. The Bertz CT molecular complexity index is 479. The first-order valence-corrected chi connectivity index (χ1v) is 7.65. The molecule has 1 rings (SSSR count). The molecule has 0 aliphatic carbocycles. The van der Waals surface area contributed by atoms with Crippen molar-refractivity contribution in [2.75, 3.05) is 11.6 Å². The molecule has 0 radical (unpaired) electrons. The van der Waals surface area contributed by atoms with Gasteiger partial charge in [0, 0.05) is 4.90 Å². The van der Waals surface area contributed by atoms with E-state index in [4.69, 9.17) is 5.11 Å². The molecule has 6 heteroatoms. The Balaban J connectivity index is 2.73. The van der Waals surface area contributed by atoms with Gasteiger partial charge in [0.15, 0.2) is 0 Å². The molecule has 2 amide bonds. The number of carboxylic acids is 1. The Morgan fingerprint density at radius 1 is 1.35 bits per heavy atom. The molecule has 0 saturated heterocycles. The lowest BCUT2D eigenvalue weighted by molar-refractivity contribution is -0.140. The third-order valence-corrected chi connectivity index (χ3v) is 3.92. The van der Waals surface area contributed by atoms with E-state index in [1.54, 1.807) is 13.0 Å². The Kier molecular flexibility index (Phi) is 6.38. The lowest BCUT2D eigenvalue weighted by Gasteiger charge is -2.20. The number of carbonyl (C=O) groups excluding carboxylic acids is 1. The van der Waals surface area contributed by atoms with Crippen LogP contribution in [0.1, 0.15) is 20.3 Å². The van der Waals surface area contributed by atoms with E-state index in [-0.39, 0.29) is 5.92 Å². The predicted molar refractivity (Wildman–Crippen MR) is 81.3 cm³/mol. The van der Waals surface area contributed by atoms with Crippen molar-refractivity contribution in [1.29, 1.82) is 0 Å². The van der Waals surface area contributed by atoms with Gasteiger partial charge in [0.2, 0.25) is 0 Å². The highest BCUT2D eigenvalue weighted by atomic mass is 32.2. The molecule has 0 aliphatic heterocycles. The summed E-state index contributed by atoms with van der Waals surface area (Å²) in [4.78, 5) is 24.0. The average Bonchev–Trinajstić information content (AvgIpc) is 2.44. The van der Waals surface area contributed by atoms with E-state index in [0.717, 1.165) is 4.90 Å². The molecule has 1 aromatic rings. The minimum atomic E-state index is -1.02. The highest BCUT2D eigenvalue weighted by Gasteiger charge is 2.25. The van der Waals surface area contributed by atoms with E-state index in [0.29, 0.717) is 12.1 Å². The third-order valence-electron chi connectivity index (χ3n) is 3.12. The molecule has 0 aromatic heterocycles. The van der Waals surface area contributed by atoms with Crippen LogP contribution in [0.2, 0.25) is 0 Å². The molecule has 0 fully saturated rings. The molecule has 0 aliphatic rings. The quantitative estimate of drug-likeness (QED) is 0.705. The Labute approximate surface area is 123 Å². The second-order valence-electron chi connectivity index (χ2n) is 4.50. The van der Waals surface area contributed by atoms with Crippen molar-refractivity contribution in [3.05, 3.63) is 24.3 Å². The molecule has 3 N–H and O–H groups in total. The van der Waals surface area contributed by atoms with Crippen LogP contribution in [0.25, 0.3) is 0 Å². The summed E-state index contributed by atoms with van der Waals surface area (Å²) >= 11 is 1.51. The molecule has 20 heavy (non-hydrogen) atoms. The monoisotopic (exact) mass is 296 g/mol. The van der Waals surface area contributed by atoms with Crippen LogP contribution in [0.15, 0.2) is 29.2 Å². The summed E-state index contributed by atoms with van der Waals surface area (Å²) in [6.45, 7) is 3.69. The Hall–Kier alpha value is -1.69. The van der Waals surface area contributed by atoms with Crippen LogP contribution in [-0.4, -0.2) is 29.4 Å². The summed E-state index contributed by atoms with van der Waals surface area (Å²) in [5.41, 5.74) is 0.672. The Morgan fingerprint density at radius 3 is 2.55 bits per heavy atom. The normalized spacial score (nSPS) is 13.3. The lowest BCUT2D eigenvalue weighted by atomic mass is 9.99. The fraction of sp³-hybridized carbons (Fsp3) is 0.429. The number of hydrogen-bond donors (Lipinski definition) is 3. The minimum Gasteiger partial charge on any atom is -0.480 e. The fourth-order valence-electron chi connectivity index (χ4n) is 1.73. The summed E-state index contributed by atoms with van der Waals surface area (Å²) in [7, 11) is 0. The zero-order chi connectivity index (χ0) is 15.1. The number of nitrogens with one attached hydrogen (secondary N) is 2. The van der Waals surface area contributed by atoms with Crippen molar-refractivity contribution in [3.8, 4) is 0 Å². The van der Waals surface area contributed by atoms with E-state index in [1.165, 1.54) is 11.8 Å². The number of amides is 2. The second-order valence-corrected chi connectivity index (χ2v) is 5.35. The third kappa shape index (κ3) is 4.45. The van der Waals surface area contributed by atoms with Crippen LogP contribution in [0.3, 0.4) is 0 Å². The van der Waals surface area contributed by atoms with Crippen molar-refractivity contribution >= 4 is 29.4 Å². The maximum Gasteiger partial charge on any atom is 0.326 e. The van der Waals surface area contributed by atoms with Gasteiger partial charge in [0.1, 0.15) is 6.04 Å². The van der Waals surface area contributed by atoms with Gasteiger partial charge in [-0.2, -0.15) is 0 Å². The van der Waals surface area contributed by atoms with Gasteiger partial charge in [-0.1, -0.05) is 32.4 Å². The number of para-hydroxylation sites is 1. The number of rotatable bonds is 6. The predicted octanol–water partition coefficient (Wildman–Crippen LogP) is 3.03. The summed E-state index contributed by atoms with van der Waals surface area (Å²) in [5, 5.41) is 14.3. The second kappa shape index (κ2) is 7.79. The van der Waals surface area contributed by atoms with Gasteiger partial charge in [0.05, 0.1) is 5.69 Å². The molecule has 110 valence electrons. The van der Waals surface area contributed by atoms with Crippen LogP contribution in [0.5, 0.6) is 0 Å². The average molecular weight is 296 g/mol. The largest absolute Gasteiger partial charge is 0.480 e. The first-order chi connectivity index (χ1) is 9.49. The number of thioether (sulfide) groups is 1. The molecule has 2 atom stereocenters. The minimum absolute atomic E-state index is 0.131. The van der Waals surface area contributed by atoms with Crippen molar-refractivity contribution in [2.45, 2.75) is 31.2 Å². The van der Waals surface area contributed by atoms with Gasteiger partial charge in [-0.25, -0.2) is 9.59 Å². The van der Waals surface area contributed by atoms with E-state index in [2.05, 4.69) is 10.6 Å². The summed E-state index contributed by atoms with van der Waals surface area (Å²) in [6, 6.07) is 5.99. The van der Waals surface area contributed by atoms with Gasteiger partial charge < -0.3 is 15.7 Å². The number of hydrogen-bond acceptors (Lipinski definition) is 3. The maximum absolute atomic E-state index is 11.9. The standard InChI is InChI=1S/C14H20N2O3S/c1-4-9(2)12(13(17)18)16-14(19)15-10-7-5-6-8-11(10)20-3/h5-9,12H,4H2,1-3H3,(H,17,18)(H2,15,16,19)/t9?,12-/m0/s1. The van der Waals surface area contributed by atoms with Crippen LogP contribution >= 0.6 is 11.8 Å². The lowest BCUT2D eigenvalue weighted by Crippen LogP contribution is -2.46. The van der Waals surface area contributed by atoms with Crippen molar-refractivity contribution in [1.82, 2.24) is 5.32 Å². The number of anilines is 1. The van der Waals surface area contributed by atoms with Gasteiger partial charge >= 0.3 is 12.0 Å². The smallest absolute Gasteiger partial charge is 0.326 e. The molecule has 1 aromatic carbocycles. The van der Waals surface area contributed by atoms with Crippen LogP contribution < -0.4 is 10.6 Å². The van der Waals surface area contributed by atoms with E-state index in [9.17, 15) is 9.59 Å². The Morgan fingerprint density at radius 2 is 2.00 bits per heavy atom. The number of carbonyl (C=O) groups is 2. The molecule has 5 nitrogen and oxygen atoms in total. The van der Waals surface area contributed by atoms with Crippen LogP contribution in [0, 0.1) is 5.92 Å². The van der Waals surface area contributed by atoms with Crippen molar-refractivity contribution in [3.63, 3.8) is 0 Å². The molecular formula is C14H20N2O3S. The maximum atomic E-state index is 11.9. The summed E-state index contributed by atoms with van der Waals surface area (Å²) in [5.74, 6) is -1.15. The molecular weight excluding hydrogens is 276 g/mol. The number of urea groups is 1.